The third-order valence-electron chi connectivity index (χ3n) is 3.82. The minimum atomic E-state index is 0.544. The lowest BCUT2D eigenvalue weighted by Crippen LogP contribution is -2.00. The molecule has 1 aromatic carbocycles. The second-order valence-corrected chi connectivity index (χ2v) is 6.64. The van der Waals surface area contributed by atoms with Crippen LogP contribution in [-0.4, -0.2) is 16.6 Å². The van der Waals surface area contributed by atoms with Gasteiger partial charge in [0.2, 0.25) is 0 Å². The van der Waals surface area contributed by atoms with Crippen LogP contribution in [0.25, 0.3) is 11.3 Å². The summed E-state index contributed by atoms with van der Waals surface area (Å²) >= 11 is 1.52. The largest absolute Gasteiger partial charge is 0.492 e. The molecule has 3 rings (SSSR count). The molecule has 2 aromatic heterocycles. The smallest absolute Gasteiger partial charge is 0.187 e. The second-order valence-electron chi connectivity index (χ2n) is 5.78. The molecule has 0 saturated heterocycles. The van der Waals surface area contributed by atoms with E-state index in [0.717, 1.165) is 41.3 Å². The fourth-order valence-electron chi connectivity index (χ4n) is 2.45. The number of pyridine rings is 1. The van der Waals surface area contributed by atoms with Gasteiger partial charge in [-0.3, -0.25) is 4.98 Å². The number of hydrogen-bond donors (Lipinski definition) is 1. The van der Waals surface area contributed by atoms with E-state index in [1.807, 2.05) is 29.6 Å². The molecule has 26 heavy (non-hydrogen) atoms. The van der Waals surface area contributed by atoms with Crippen molar-refractivity contribution in [3.05, 3.63) is 53.7 Å². The van der Waals surface area contributed by atoms with Gasteiger partial charge in [-0.15, -0.1) is 11.3 Å². The van der Waals surface area contributed by atoms with E-state index in [4.69, 9.17) is 4.74 Å². The highest BCUT2D eigenvalue weighted by atomic mass is 32.1. The number of nitriles is 1. The molecular weight excluding hydrogens is 344 g/mol. The fourth-order valence-corrected chi connectivity index (χ4v) is 3.19. The molecule has 0 amide bonds. The Labute approximate surface area is 157 Å². The first-order valence-electron chi connectivity index (χ1n) is 8.60. The number of nitrogens with zero attached hydrogens (tertiary/aromatic N) is 3. The van der Waals surface area contributed by atoms with Crippen LogP contribution in [0.2, 0.25) is 0 Å². The topological polar surface area (TPSA) is 70.8 Å². The third-order valence-corrected chi connectivity index (χ3v) is 4.58. The van der Waals surface area contributed by atoms with Crippen molar-refractivity contribution < 1.29 is 4.74 Å². The normalized spacial score (nSPS) is 10.3. The first-order valence-corrected chi connectivity index (χ1v) is 9.48. The van der Waals surface area contributed by atoms with Crippen molar-refractivity contribution in [3.8, 4) is 23.1 Å². The number of anilines is 2. The summed E-state index contributed by atoms with van der Waals surface area (Å²) in [7, 11) is 0. The summed E-state index contributed by atoms with van der Waals surface area (Å²) in [5, 5.41) is 15.3. The van der Waals surface area contributed by atoms with Crippen molar-refractivity contribution in [1.82, 2.24) is 9.97 Å². The molecule has 3 aromatic rings. The highest BCUT2D eigenvalue weighted by Gasteiger charge is 2.08. The van der Waals surface area contributed by atoms with E-state index in [0.29, 0.717) is 17.9 Å². The Hall–Kier alpha value is -2.91. The van der Waals surface area contributed by atoms with Crippen LogP contribution in [0.15, 0.2) is 48.1 Å². The molecular formula is C20H20N4OS. The van der Waals surface area contributed by atoms with E-state index in [1.165, 1.54) is 11.3 Å². The number of aromatic nitrogens is 2. The van der Waals surface area contributed by atoms with Crippen molar-refractivity contribution in [1.29, 1.82) is 5.26 Å². The molecule has 0 radical (unpaired) electrons. The number of rotatable bonds is 8. The van der Waals surface area contributed by atoms with E-state index < -0.39 is 0 Å². The highest BCUT2D eigenvalue weighted by Crippen LogP contribution is 2.29. The molecule has 0 saturated carbocycles. The zero-order valence-corrected chi connectivity index (χ0v) is 15.4. The zero-order valence-electron chi connectivity index (χ0n) is 14.6. The summed E-state index contributed by atoms with van der Waals surface area (Å²) in [5.41, 5.74) is 3.26. The van der Waals surface area contributed by atoms with Crippen LogP contribution in [0.1, 0.15) is 31.7 Å². The Morgan fingerprint density at radius 3 is 2.96 bits per heavy atom. The summed E-state index contributed by atoms with van der Waals surface area (Å²) in [5.74, 6) is 0.609. The molecule has 1 N–H and O–H groups in total. The summed E-state index contributed by atoms with van der Waals surface area (Å²) in [6.45, 7) is 2.77. The molecule has 2 heterocycles. The zero-order chi connectivity index (χ0) is 18.2. The summed E-state index contributed by atoms with van der Waals surface area (Å²) < 4.78 is 5.80. The van der Waals surface area contributed by atoms with Crippen LogP contribution in [-0.2, 0) is 0 Å². The van der Waals surface area contributed by atoms with Crippen LogP contribution in [0.3, 0.4) is 0 Å². The maximum absolute atomic E-state index is 9.26. The predicted molar refractivity (Wildman–Crippen MR) is 105 cm³/mol. The van der Waals surface area contributed by atoms with Crippen LogP contribution in [0.4, 0.5) is 10.8 Å². The first kappa shape index (κ1) is 17.9. The van der Waals surface area contributed by atoms with E-state index in [9.17, 15) is 5.26 Å². The van der Waals surface area contributed by atoms with Gasteiger partial charge in [-0.1, -0.05) is 19.8 Å². The van der Waals surface area contributed by atoms with Gasteiger partial charge in [-0.05, 0) is 30.7 Å². The van der Waals surface area contributed by atoms with Crippen molar-refractivity contribution in [2.75, 3.05) is 11.9 Å². The van der Waals surface area contributed by atoms with Gasteiger partial charge in [0.05, 0.1) is 17.9 Å². The molecule has 0 unspecified atom stereocenters. The summed E-state index contributed by atoms with van der Waals surface area (Å²) in [6.07, 6.45) is 6.78. The van der Waals surface area contributed by atoms with Crippen molar-refractivity contribution in [2.45, 2.75) is 26.2 Å². The van der Waals surface area contributed by atoms with E-state index in [2.05, 4.69) is 28.3 Å². The highest BCUT2D eigenvalue weighted by molar-refractivity contribution is 7.14. The van der Waals surface area contributed by atoms with Gasteiger partial charge >= 0.3 is 0 Å². The monoisotopic (exact) mass is 364 g/mol. The number of nitrogens with one attached hydrogen (secondary N) is 1. The lowest BCUT2D eigenvalue weighted by Gasteiger charge is -2.10. The van der Waals surface area contributed by atoms with Crippen LogP contribution < -0.4 is 10.1 Å². The second kappa shape index (κ2) is 8.97. The Morgan fingerprint density at radius 2 is 2.19 bits per heavy atom. The average Bonchev–Trinajstić information content (AvgIpc) is 3.15. The van der Waals surface area contributed by atoms with Crippen LogP contribution in [0, 0.1) is 11.3 Å². The molecule has 0 fully saturated rings. The van der Waals surface area contributed by atoms with Gasteiger partial charge in [0.1, 0.15) is 11.8 Å². The van der Waals surface area contributed by atoms with Gasteiger partial charge in [0, 0.05) is 35.1 Å². The quantitative estimate of drug-likeness (QED) is 0.543. The van der Waals surface area contributed by atoms with Crippen molar-refractivity contribution in [3.63, 3.8) is 0 Å². The van der Waals surface area contributed by atoms with Gasteiger partial charge in [-0.2, -0.15) is 5.26 Å². The third kappa shape index (κ3) is 4.58. The lowest BCUT2D eigenvalue weighted by molar-refractivity contribution is 0.305. The van der Waals surface area contributed by atoms with E-state index >= 15 is 0 Å². The average molecular weight is 364 g/mol. The predicted octanol–water partition coefficient (Wildman–Crippen LogP) is 5.39. The van der Waals surface area contributed by atoms with Gasteiger partial charge in [0.15, 0.2) is 5.13 Å². The Kier molecular flexibility index (Phi) is 6.18. The van der Waals surface area contributed by atoms with Gasteiger partial charge in [0.25, 0.3) is 0 Å². The molecule has 0 aliphatic carbocycles. The van der Waals surface area contributed by atoms with Gasteiger partial charge in [-0.25, -0.2) is 4.98 Å². The summed E-state index contributed by atoms with van der Waals surface area (Å²) in [4.78, 5) is 8.72. The molecule has 0 atom stereocenters. The van der Waals surface area contributed by atoms with Crippen LogP contribution >= 0.6 is 11.3 Å². The van der Waals surface area contributed by atoms with Crippen LogP contribution in [0.5, 0.6) is 5.75 Å². The number of hydrogen-bond acceptors (Lipinski definition) is 6. The summed E-state index contributed by atoms with van der Waals surface area (Å²) in [6, 6.07) is 11.5. The Balaban J connectivity index is 1.72. The van der Waals surface area contributed by atoms with E-state index in [-0.39, 0.29) is 0 Å². The minimum absolute atomic E-state index is 0.544. The number of unbranched alkanes of at least 4 members (excludes halogenated alkanes) is 2. The molecule has 0 aliphatic rings. The Morgan fingerprint density at radius 1 is 1.27 bits per heavy atom. The van der Waals surface area contributed by atoms with Crippen molar-refractivity contribution >= 4 is 22.2 Å². The molecule has 0 aliphatic heterocycles. The molecule has 5 nitrogen and oxygen atoms in total. The standard InChI is InChI=1S/C20H20N4OS/c1-2-3-4-10-25-19-11-17(8-7-15(19)12-21)23-20-24-18(14-26-20)16-6-5-9-22-13-16/h5-9,11,13-14H,2-4,10H2,1H3,(H,23,24). The maximum atomic E-state index is 9.26. The van der Waals surface area contributed by atoms with Crippen molar-refractivity contribution in [2.24, 2.45) is 0 Å². The molecule has 0 spiro atoms. The SMILES string of the molecule is CCCCCOc1cc(Nc2nc(-c3cccnc3)cs2)ccc1C#N. The molecule has 6 heteroatoms. The number of thiazole rings is 1. The minimum Gasteiger partial charge on any atom is -0.492 e. The van der Waals surface area contributed by atoms with Gasteiger partial charge < -0.3 is 10.1 Å². The molecule has 132 valence electrons. The Bertz CT molecular complexity index is 886. The first-order chi connectivity index (χ1) is 12.8. The van der Waals surface area contributed by atoms with E-state index in [1.54, 1.807) is 18.5 Å². The maximum Gasteiger partial charge on any atom is 0.187 e. The number of ether oxygens (including phenoxy) is 1. The fraction of sp³-hybridized carbons (Fsp3) is 0.250. The lowest BCUT2D eigenvalue weighted by atomic mass is 10.2. The number of benzene rings is 1. The molecule has 0 bridgehead atoms.